The molecular formula is C10H11BrF3NO. The van der Waals surface area contributed by atoms with E-state index in [9.17, 15) is 18.3 Å². The van der Waals surface area contributed by atoms with Crippen LogP contribution in [-0.4, -0.2) is 5.11 Å². The van der Waals surface area contributed by atoms with Gasteiger partial charge in [0.25, 0.3) is 0 Å². The normalized spacial score (nSPS) is 13.9. The molecular weight excluding hydrogens is 287 g/mol. The number of nitrogens with two attached hydrogens (primary N) is 1. The summed E-state index contributed by atoms with van der Waals surface area (Å²) in [6.45, 7) is 1.66. The molecule has 0 unspecified atom stereocenters. The topological polar surface area (TPSA) is 46.2 Å². The SMILES string of the molecule is CC[C@@H](N)c1c(C(F)(F)F)ccc(Br)c1O. The fourth-order valence-corrected chi connectivity index (χ4v) is 1.75. The first-order chi connectivity index (χ1) is 7.29. The van der Waals surface area contributed by atoms with E-state index in [1.807, 2.05) is 0 Å². The molecule has 3 N–H and O–H groups in total. The van der Waals surface area contributed by atoms with Crippen LogP contribution in [0.5, 0.6) is 5.75 Å². The van der Waals surface area contributed by atoms with Crippen molar-refractivity contribution in [2.75, 3.05) is 0 Å². The third-order valence-corrected chi connectivity index (χ3v) is 2.92. The van der Waals surface area contributed by atoms with Crippen LogP contribution in [0, 0.1) is 0 Å². The zero-order valence-electron chi connectivity index (χ0n) is 8.48. The average Bonchev–Trinajstić information content (AvgIpc) is 2.19. The van der Waals surface area contributed by atoms with Crippen molar-refractivity contribution in [1.82, 2.24) is 0 Å². The predicted octanol–water partition coefficient (Wildman–Crippen LogP) is 3.58. The van der Waals surface area contributed by atoms with E-state index in [-0.39, 0.29) is 10.0 Å². The van der Waals surface area contributed by atoms with Gasteiger partial charge in [0.15, 0.2) is 0 Å². The van der Waals surface area contributed by atoms with Crippen LogP contribution in [0.15, 0.2) is 16.6 Å². The first-order valence-corrected chi connectivity index (χ1v) is 5.42. The number of hydrogen-bond acceptors (Lipinski definition) is 2. The van der Waals surface area contributed by atoms with E-state index in [2.05, 4.69) is 15.9 Å². The number of alkyl halides is 3. The number of aromatic hydroxyl groups is 1. The number of rotatable bonds is 2. The zero-order valence-corrected chi connectivity index (χ0v) is 10.1. The molecule has 16 heavy (non-hydrogen) atoms. The molecule has 0 radical (unpaired) electrons. The van der Waals surface area contributed by atoms with Crippen molar-refractivity contribution < 1.29 is 18.3 Å². The van der Waals surface area contributed by atoms with Gasteiger partial charge in [0.2, 0.25) is 0 Å². The molecule has 90 valence electrons. The van der Waals surface area contributed by atoms with Crippen molar-refractivity contribution in [3.8, 4) is 5.75 Å². The van der Waals surface area contributed by atoms with Crippen molar-refractivity contribution in [3.05, 3.63) is 27.7 Å². The highest BCUT2D eigenvalue weighted by Gasteiger charge is 2.36. The Labute approximate surface area is 99.4 Å². The second-order valence-electron chi connectivity index (χ2n) is 3.37. The van der Waals surface area contributed by atoms with Crippen LogP contribution in [-0.2, 0) is 6.18 Å². The summed E-state index contributed by atoms with van der Waals surface area (Å²) in [7, 11) is 0. The number of hydrogen-bond donors (Lipinski definition) is 2. The fourth-order valence-electron chi connectivity index (χ4n) is 1.41. The molecule has 0 aliphatic rings. The summed E-state index contributed by atoms with van der Waals surface area (Å²) in [5.41, 5.74) is 4.43. The first kappa shape index (κ1) is 13.3. The van der Waals surface area contributed by atoms with E-state index >= 15 is 0 Å². The van der Waals surface area contributed by atoms with Crippen molar-refractivity contribution in [3.63, 3.8) is 0 Å². The molecule has 0 bridgehead atoms. The second-order valence-corrected chi connectivity index (χ2v) is 4.22. The molecule has 0 aliphatic carbocycles. The Morgan fingerprint density at radius 3 is 2.44 bits per heavy atom. The van der Waals surface area contributed by atoms with Gasteiger partial charge in [-0.15, -0.1) is 0 Å². The molecule has 0 heterocycles. The van der Waals surface area contributed by atoms with Gasteiger partial charge >= 0.3 is 6.18 Å². The number of phenols is 1. The van der Waals surface area contributed by atoms with Gasteiger partial charge < -0.3 is 10.8 Å². The molecule has 6 heteroatoms. The van der Waals surface area contributed by atoms with Crippen LogP contribution in [0.1, 0.15) is 30.5 Å². The quantitative estimate of drug-likeness (QED) is 0.876. The summed E-state index contributed by atoms with van der Waals surface area (Å²) in [4.78, 5) is 0. The van der Waals surface area contributed by atoms with Gasteiger partial charge in [-0.2, -0.15) is 13.2 Å². The van der Waals surface area contributed by atoms with Crippen molar-refractivity contribution in [1.29, 1.82) is 0 Å². The van der Waals surface area contributed by atoms with Crippen molar-refractivity contribution >= 4 is 15.9 Å². The van der Waals surface area contributed by atoms with Crippen LogP contribution in [0.4, 0.5) is 13.2 Å². The van der Waals surface area contributed by atoms with Gasteiger partial charge in [-0.1, -0.05) is 6.92 Å². The largest absolute Gasteiger partial charge is 0.506 e. The molecule has 0 spiro atoms. The maximum atomic E-state index is 12.7. The summed E-state index contributed by atoms with van der Waals surface area (Å²) in [6, 6.07) is 1.23. The third kappa shape index (κ3) is 2.49. The minimum absolute atomic E-state index is 0.208. The van der Waals surface area contributed by atoms with Crippen LogP contribution in [0.2, 0.25) is 0 Å². The highest BCUT2D eigenvalue weighted by atomic mass is 79.9. The Bertz CT molecular complexity index is 392. The van der Waals surface area contributed by atoms with Crippen molar-refractivity contribution in [2.45, 2.75) is 25.6 Å². The lowest BCUT2D eigenvalue weighted by molar-refractivity contribution is -0.138. The molecule has 1 aromatic carbocycles. The van der Waals surface area contributed by atoms with E-state index in [4.69, 9.17) is 5.73 Å². The van der Waals surface area contributed by atoms with E-state index in [0.29, 0.717) is 6.42 Å². The maximum absolute atomic E-state index is 12.7. The van der Waals surface area contributed by atoms with Gasteiger partial charge in [0.05, 0.1) is 10.0 Å². The molecule has 0 aromatic heterocycles. The molecule has 1 rings (SSSR count). The van der Waals surface area contributed by atoms with Crippen LogP contribution >= 0.6 is 15.9 Å². The Hall–Kier alpha value is -0.750. The maximum Gasteiger partial charge on any atom is 0.416 e. The van der Waals surface area contributed by atoms with E-state index in [1.165, 1.54) is 0 Å². The lowest BCUT2D eigenvalue weighted by atomic mass is 9.97. The van der Waals surface area contributed by atoms with Gasteiger partial charge in [-0.25, -0.2) is 0 Å². The minimum Gasteiger partial charge on any atom is -0.506 e. The monoisotopic (exact) mass is 297 g/mol. The smallest absolute Gasteiger partial charge is 0.416 e. The van der Waals surface area contributed by atoms with Crippen LogP contribution in [0.25, 0.3) is 0 Å². The van der Waals surface area contributed by atoms with Gasteiger partial charge in [0, 0.05) is 11.6 Å². The van der Waals surface area contributed by atoms with E-state index in [0.717, 1.165) is 12.1 Å². The standard InChI is InChI=1S/C10H11BrF3NO/c1-2-7(15)8-5(10(12,13)14)3-4-6(11)9(8)16/h3-4,7,16H,2,15H2,1H3/t7-/m1/s1. The molecule has 1 atom stereocenters. The third-order valence-electron chi connectivity index (χ3n) is 2.28. The lowest BCUT2D eigenvalue weighted by Crippen LogP contribution is -2.17. The summed E-state index contributed by atoms with van der Waals surface area (Å²) >= 11 is 2.97. The number of benzene rings is 1. The summed E-state index contributed by atoms with van der Waals surface area (Å²) in [6.07, 6.45) is -4.20. The van der Waals surface area contributed by atoms with Gasteiger partial charge in [0.1, 0.15) is 5.75 Å². The predicted molar refractivity (Wildman–Crippen MR) is 58.0 cm³/mol. The highest BCUT2D eigenvalue weighted by Crippen LogP contribution is 2.42. The molecule has 0 amide bonds. The second kappa shape index (κ2) is 4.63. The van der Waals surface area contributed by atoms with E-state index < -0.39 is 23.5 Å². The lowest BCUT2D eigenvalue weighted by Gasteiger charge is -2.19. The molecule has 0 saturated heterocycles. The average molecular weight is 298 g/mol. The molecule has 0 saturated carbocycles. The van der Waals surface area contributed by atoms with Crippen molar-refractivity contribution in [2.24, 2.45) is 5.73 Å². The Kier molecular flexibility index (Phi) is 3.85. The highest BCUT2D eigenvalue weighted by molar-refractivity contribution is 9.10. The molecule has 0 aliphatic heterocycles. The molecule has 2 nitrogen and oxygen atoms in total. The summed E-state index contributed by atoms with van der Waals surface area (Å²) in [5, 5.41) is 9.62. The Morgan fingerprint density at radius 2 is 2.00 bits per heavy atom. The van der Waals surface area contributed by atoms with Crippen LogP contribution in [0.3, 0.4) is 0 Å². The minimum atomic E-state index is -4.51. The van der Waals surface area contributed by atoms with Crippen LogP contribution < -0.4 is 5.73 Å². The Morgan fingerprint density at radius 1 is 1.44 bits per heavy atom. The summed E-state index contributed by atoms with van der Waals surface area (Å²) in [5.74, 6) is -0.441. The number of halogens is 4. The Balaban J connectivity index is 3.45. The number of phenolic OH excluding ortho intramolecular Hbond substituents is 1. The molecule has 0 fully saturated rings. The molecule has 1 aromatic rings. The van der Waals surface area contributed by atoms with Gasteiger partial charge in [-0.3, -0.25) is 0 Å². The zero-order chi connectivity index (χ0) is 12.5. The first-order valence-electron chi connectivity index (χ1n) is 4.63. The van der Waals surface area contributed by atoms with Gasteiger partial charge in [-0.05, 0) is 34.5 Å². The fraction of sp³-hybridized carbons (Fsp3) is 0.400. The summed E-state index contributed by atoms with van der Waals surface area (Å²) < 4.78 is 38.2. The van der Waals surface area contributed by atoms with E-state index in [1.54, 1.807) is 6.92 Å².